The van der Waals surface area contributed by atoms with Crippen molar-refractivity contribution in [2.45, 2.75) is 50.0 Å². The number of hydrogen-bond donors (Lipinski definition) is 0. The van der Waals surface area contributed by atoms with Crippen molar-refractivity contribution in [3.05, 3.63) is 67.7 Å². The zero-order valence-electron chi connectivity index (χ0n) is 21.7. The number of piperidine rings is 1. The Hall–Kier alpha value is -2.18. The molecule has 1 fully saturated rings. The summed E-state index contributed by atoms with van der Waals surface area (Å²) in [6.45, 7) is 2.43. The number of sulfone groups is 1. The highest BCUT2D eigenvalue weighted by Gasteiger charge is 2.37. The molecular weight excluding hydrogens is 576 g/mol. The number of benzene rings is 2. The van der Waals surface area contributed by atoms with Crippen LogP contribution < -0.4 is 5.56 Å². The van der Waals surface area contributed by atoms with Gasteiger partial charge in [0.2, 0.25) is 0 Å². The Labute approximate surface area is 235 Å². The normalized spacial score (nSPS) is 17.3. The molecule has 2 heterocycles. The number of rotatable bonds is 7. The predicted octanol–water partition coefficient (Wildman–Crippen LogP) is 5.09. The summed E-state index contributed by atoms with van der Waals surface area (Å²) < 4.78 is 69.0. The van der Waals surface area contributed by atoms with Crippen molar-refractivity contribution < 1.29 is 21.6 Å². The molecule has 13 heteroatoms. The first-order chi connectivity index (χ1) is 18.2. The van der Waals surface area contributed by atoms with Crippen LogP contribution in [-0.4, -0.2) is 66.7 Å². The highest BCUT2D eigenvalue weighted by atomic mass is 35.5. The number of aromatic nitrogens is 2. The topological polar surface area (TPSA) is 75.5 Å². The van der Waals surface area contributed by atoms with Crippen LogP contribution in [0.4, 0.5) is 13.2 Å². The summed E-state index contributed by atoms with van der Waals surface area (Å²) in [4.78, 5) is 21.6. The van der Waals surface area contributed by atoms with Gasteiger partial charge in [0.05, 0.1) is 45.0 Å². The maximum Gasteiger partial charge on any atom is 0.416 e. The molecule has 2 aromatic carbocycles. The second kappa shape index (κ2) is 11.4. The van der Waals surface area contributed by atoms with Crippen molar-refractivity contribution in [3.63, 3.8) is 0 Å². The van der Waals surface area contributed by atoms with Crippen LogP contribution in [0.2, 0.25) is 10.0 Å². The highest BCUT2D eigenvalue weighted by molar-refractivity contribution is 7.91. The van der Waals surface area contributed by atoms with Gasteiger partial charge in [-0.3, -0.25) is 14.3 Å². The van der Waals surface area contributed by atoms with Crippen LogP contribution in [0.15, 0.2) is 40.3 Å². The lowest BCUT2D eigenvalue weighted by Crippen LogP contribution is -2.44. The Morgan fingerprint density at radius 3 is 2.51 bits per heavy atom. The van der Waals surface area contributed by atoms with E-state index in [1.165, 1.54) is 31.5 Å². The van der Waals surface area contributed by atoms with Gasteiger partial charge in [-0.25, -0.2) is 13.4 Å². The first kappa shape index (κ1) is 29.8. The van der Waals surface area contributed by atoms with Crippen molar-refractivity contribution in [2.75, 3.05) is 32.9 Å². The van der Waals surface area contributed by atoms with Crippen molar-refractivity contribution in [3.8, 4) is 0 Å². The standard InChI is InChI=1S/C26H29Cl2F3N4O3S/c1-4-39(37,38)22-8-7-17(27)10-16(22)12-35-15-32-24-19(25(35)36)11-21(26(29,30)31)20(23(24)28)14-34-9-5-6-18(13-34)33(2)3/h7-8,10-11,15,18H,4-6,9,12-14H2,1-3H3. The molecular formula is C26H29Cl2F3N4O3S. The first-order valence-electron chi connectivity index (χ1n) is 12.4. The zero-order chi connectivity index (χ0) is 28.7. The molecule has 1 aliphatic heterocycles. The fraction of sp³-hybridized carbons (Fsp3) is 0.462. The molecule has 1 atom stereocenters. The molecule has 4 rings (SSSR count). The van der Waals surface area contributed by atoms with Crippen LogP contribution in [-0.2, 0) is 29.1 Å². The van der Waals surface area contributed by atoms with Crippen molar-refractivity contribution in [1.29, 1.82) is 0 Å². The summed E-state index contributed by atoms with van der Waals surface area (Å²) in [6.07, 6.45) is -1.79. The third kappa shape index (κ3) is 6.27. The van der Waals surface area contributed by atoms with E-state index in [2.05, 4.69) is 9.88 Å². The molecule has 0 radical (unpaired) electrons. The molecule has 0 N–H and O–H groups in total. The van der Waals surface area contributed by atoms with Gasteiger partial charge in [-0.1, -0.05) is 30.1 Å². The number of alkyl halides is 3. The van der Waals surface area contributed by atoms with E-state index in [0.29, 0.717) is 13.1 Å². The van der Waals surface area contributed by atoms with Gasteiger partial charge in [-0.05, 0) is 68.9 Å². The van der Waals surface area contributed by atoms with E-state index >= 15 is 0 Å². The van der Waals surface area contributed by atoms with Crippen LogP contribution in [0.25, 0.3) is 10.9 Å². The number of halogens is 5. The molecule has 1 saturated heterocycles. The van der Waals surface area contributed by atoms with Gasteiger partial charge >= 0.3 is 6.18 Å². The summed E-state index contributed by atoms with van der Waals surface area (Å²) in [5.41, 5.74) is -1.68. The van der Waals surface area contributed by atoms with E-state index in [9.17, 15) is 26.4 Å². The Morgan fingerprint density at radius 2 is 1.87 bits per heavy atom. The Kier molecular flexibility index (Phi) is 8.68. The fourth-order valence-corrected chi connectivity index (χ4v) is 6.57. The second-order valence-corrected chi connectivity index (χ2v) is 13.0. The predicted molar refractivity (Wildman–Crippen MR) is 146 cm³/mol. The summed E-state index contributed by atoms with van der Waals surface area (Å²) >= 11 is 12.6. The van der Waals surface area contributed by atoms with Crippen LogP contribution >= 0.6 is 23.2 Å². The summed E-state index contributed by atoms with van der Waals surface area (Å²) in [7, 11) is 0.228. The van der Waals surface area contributed by atoms with Crippen LogP contribution in [0, 0.1) is 0 Å². The highest BCUT2D eigenvalue weighted by Crippen LogP contribution is 2.39. The lowest BCUT2D eigenvalue weighted by atomic mass is 10.00. The number of nitrogens with zero attached hydrogens (tertiary/aromatic N) is 4. The van der Waals surface area contributed by atoms with Crippen LogP contribution in [0.3, 0.4) is 0 Å². The van der Waals surface area contributed by atoms with Gasteiger partial charge < -0.3 is 4.90 Å². The van der Waals surface area contributed by atoms with Crippen molar-refractivity contribution in [2.24, 2.45) is 0 Å². The van der Waals surface area contributed by atoms with E-state index in [4.69, 9.17) is 23.2 Å². The minimum atomic E-state index is -4.76. The quantitative estimate of drug-likeness (QED) is 0.374. The number of fused-ring (bicyclic) bond motifs is 1. The maximum atomic E-state index is 14.3. The third-order valence-electron chi connectivity index (χ3n) is 7.14. The van der Waals surface area contributed by atoms with Gasteiger partial charge in [0.25, 0.3) is 5.56 Å². The SMILES string of the molecule is CCS(=O)(=O)c1ccc(Cl)cc1Cn1cnc2c(Cl)c(CN3CCCC(N(C)C)C3)c(C(F)(F)F)cc2c1=O. The van der Waals surface area contributed by atoms with Crippen molar-refractivity contribution >= 4 is 43.9 Å². The third-order valence-corrected chi connectivity index (χ3v) is 9.61. The molecule has 212 valence electrons. The van der Waals surface area contributed by atoms with Gasteiger partial charge in [0.15, 0.2) is 9.84 Å². The minimum Gasteiger partial charge on any atom is -0.305 e. The average molecular weight is 606 g/mol. The lowest BCUT2D eigenvalue weighted by Gasteiger charge is -2.36. The number of likely N-dealkylation sites (tertiary alicyclic amines) is 1. The Morgan fingerprint density at radius 1 is 1.15 bits per heavy atom. The molecule has 0 aliphatic carbocycles. The summed E-state index contributed by atoms with van der Waals surface area (Å²) in [5, 5.41) is -0.263. The van der Waals surface area contributed by atoms with Crippen LogP contribution in [0.5, 0.6) is 0 Å². The molecule has 1 aliphatic rings. The molecule has 39 heavy (non-hydrogen) atoms. The zero-order valence-corrected chi connectivity index (χ0v) is 24.1. The molecule has 0 spiro atoms. The fourth-order valence-electron chi connectivity index (χ4n) is 4.96. The van der Waals surface area contributed by atoms with Gasteiger partial charge in [-0.15, -0.1) is 0 Å². The van der Waals surface area contributed by atoms with Gasteiger partial charge in [0, 0.05) is 24.2 Å². The largest absolute Gasteiger partial charge is 0.416 e. The summed E-state index contributed by atoms with van der Waals surface area (Å²) in [6, 6.07) is 5.21. The number of hydrogen-bond acceptors (Lipinski definition) is 6. The Balaban J connectivity index is 1.81. The monoisotopic (exact) mass is 604 g/mol. The molecule has 1 unspecified atom stereocenters. The second-order valence-electron chi connectivity index (χ2n) is 9.94. The smallest absolute Gasteiger partial charge is 0.305 e. The minimum absolute atomic E-state index is 0.0108. The molecule has 0 bridgehead atoms. The van der Waals surface area contributed by atoms with Crippen molar-refractivity contribution in [1.82, 2.24) is 19.4 Å². The lowest BCUT2D eigenvalue weighted by molar-refractivity contribution is -0.138. The van der Waals surface area contributed by atoms with E-state index in [-0.39, 0.29) is 61.9 Å². The average Bonchev–Trinajstić information content (AvgIpc) is 2.86. The molecule has 1 aromatic heterocycles. The first-order valence-corrected chi connectivity index (χ1v) is 14.8. The van der Waals surface area contributed by atoms with Crippen LogP contribution in [0.1, 0.15) is 36.5 Å². The van der Waals surface area contributed by atoms with E-state index < -0.39 is 27.1 Å². The molecule has 7 nitrogen and oxygen atoms in total. The molecule has 0 saturated carbocycles. The van der Waals surface area contributed by atoms with Gasteiger partial charge in [-0.2, -0.15) is 13.2 Å². The maximum absolute atomic E-state index is 14.3. The number of likely N-dealkylation sites (N-methyl/N-ethyl adjacent to an activating group) is 1. The van der Waals surface area contributed by atoms with E-state index in [0.717, 1.165) is 23.5 Å². The Bertz CT molecular complexity index is 1560. The van der Waals surface area contributed by atoms with E-state index in [1.54, 1.807) is 0 Å². The molecule has 3 aromatic rings. The van der Waals surface area contributed by atoms with Gasteiger partial charge in [0.1, 0.15) is 0 Å². The van der Waals surface area contributed by atoms with E-state index in [1.807, 2.05) is 19.0 Å². The molecule has 0 amide bonds. The summed E-state index contributed by atoms with van der Waals surface area (Å²) in [5.74, 6) is -0.174.